The van der Waals surface area contributed by atoms with Crippen LogP contribution >= 0.6 is 47.8 Å². The minimum atomic E-state index is -0.473. The molecule has 0 aromatic heterocycles. The Balaban J connectivity index is 1.69. The Labute approximate surface area is 200 Å². The molecule has 0 aliphatic rings. The summed E-state index contributed by atoms with van der Waals surface area (Å²) in [5.41, 5.74) is 2.55. The van der Waals surface area contributed by atoms with Crippen LogP contribution in [0.25, 0.3) is 6.08 Å². The van der Waals surface area contributed by atoms with Crippen LogP contribution < -0.4 is 9.47 Å². The van der Waals surface area contributed by atoms with Gasteiger partial charge in [0.05, 0.1) is 21.7 Å². The molecule has 0 radical (unpaired) electrons. The fraction of sp³-hybridized carbons (Fsp3) is 0.0435. The van der Waals surface area contributed by atoms with Crippen molar-refractivity contribution in [1.29, 1.82) is 0 Å². The van der Waals surface area contributed by atoms with Crippen LogP contribution in [0, 0.1) is 0 Å². The Hall–Kier alpha value is -2.22. The van der Waals surface area contributed by atoms with Gasteiger partial charge in [-0.3, -0.25) is 4.99 Å². The number of aliphatic imine (C=N–C) groups is 1. The number of esters is 1. The van der Waals surface area contributed by atoms with Crippen LogP contribution in [0.2, 0.25) is 0 Å². The molecule has 0 aliphatic carbocycles. The Morgan fingerprint density at radius 2 is 1.53 bits per heavy atom. The maximum atomic E-state index is 12.2. The topological polar surface area (TPSA) is 47.9 Å². The first kappa shape index (κ1) is 22.5. The minimum absolute atomic E-state index is 0.405. The molecule has 0 atom stereocenters. The Morgan fingerprint density at radius 1 is 0.900 bits per heavy atom. The lowest BCUT2D eigenvalue weighted by Crippen LogP contribution is -2.05. The lowest BCUT2D eigenvalue weighted by atomic mass is 10.2. The lowest BCUT2D eigenvalue weighted by molar-refractivity contribution is -0.129. The highest BCUT2D eigenvalue weighted by atomic mass is 79.9. The number of ether oxygens (including phenoxy) is 2. The van der Waals surface area contributed by atoms with E-state index < -0.39 is 5.97 Å². The van der Waals surface area contributed by atoms with E-state index in [0.717, 1.165) is 27.0 Å². The maximum absolute atomic E-state index is 12.2. The lowest BCUT2D eigenvalue weighted by Gasteiger charge is -2.08. The highest BCUT2D eigenvalue weighted by molar-refractivity contribution is 9.11. The second kappa shape index (κ2) is 10.7. The zero-order valence-corrected chi connectivity index (χ0v) is 20.6. The molecule has 152 valence electrons. The highest BCUT2D eigenvalue weighted by Crippen LogP contribution is 2.35. The fourth-order valence-electron chi connectivity index (χ4n) is 2.44. The number of methoxy groups -OCH3 is 1. The molecule has 0 fully saturated rings. The van der Waals surface area contributed by atoms with Crippen molar-refractivity contribution >= 4 is 71.7 Å². The molecule has 0 unspecified atom stereocenters. The summed E-state index contributed by atoms with van der Waals surface area (Å²) in [5.74, 6) is 0.709. The first-order valence-corrected chi connectivity index (χ1v) is 11.1. The van der Waals surface area contributed by atoms with Gasteiger partial charge in [0.2, 0.25) is 0 Å². The van der Waals surface area contributed by atoms with Crippen LogP contribution in [-0.2, 0) is 4.79 Å². The summed E-state index contributed by atoms with van der Waals surface area (Å²) >= 11 is 10.3. The molecule has 0 aliphatic heterocycles. The van der Waals surface area contributed by atoms with E-state index in [4.69, 9.17) is 9.47 Å². The Morgan fingerprint density at radius 3 is 2.13 bits per heavy atom. The number of hydrogen-bond donors (Lipinski definition) is 0. The van der Waals surface area contributed by atoms with Crippen molar-refractivity contribution in [3.8, 4) is 11.5 Å². The van der Waals surface area contributed by atoms with Crippen molar-refractivity contribution in [3.05, 3.63) is 91.3 Å². The molecule has 0 bridgehead atoms. The van der Waals surface area contributed by atoms with E-state index in [1.54, 1.807) is 19.4 Å². The van der Waals surface area contributed by atoms with Crippen molar-refractivity contribution in [3.63, 3.8) is 0 Å². The molecule has 3 aromatic carbocycles. The largest absolute Gasteiger partial charge is 0.497 e. The molecule has 0 N–H and O–H groups in total. The summed E-state index contributed by atoms with van der Waals surface area (Å²) in [6, 6.07) is 18.7. The van der Waals surface area contributed by atoms with E-state index >= 15 is 0 Å². The van der Waals surface area contributed by atoms with Gasteiger partial charge in [-0.2, -0.15) is 0 Å². The molecule has 3 aromatic rings. The first-order valence-electron chi connectivity index (χ1n) is 8.77. The third-order valence-corrected chi connectivity index (χ3v) is 5.65. The van der Waals surface area contributed by atoms with Crippen LogP contribution in [0.3, 0.4) is 0 Å². The van der Waals surface area contributed by atoms with Crippen molar-refractivity contribution in [1.82, 2.24) is 0 Å². The van der Waals surface area contributed by atoms with E-state index in [0.29, 0.717) is 14.7 Å². The molecule has 0 amide bonds. The van der Waals surface area contributed by atoms with Crippen LogP contribution in [0.15, 0.2) is 85.2 Å². The molecule has 7 heteroatoms. The molecule has 4 nitrogen and oxygen atoms in total. The number of rotatable bonds is 6. The number of nitrogens with zero attached hydrogens (tertiary/aromatic N) is 1. The van der Waals surface area contributed by atoms with Crippen LogP contribution in [-0.4, -0.2) is 19.3 Å². The molecule has 0 spiro atoms. The number of carbonyl (C=O) groups is 1. The van der Waals surface area contributed by atoms with E-state index in [1.807, 2.05) is 60.7 Å². The smallest absolute Gasteiger partial charge is 0.336 e. The van der Waals surface area contributed by atoms with Crippen LogP contribution in [0.1, 0.15) is 11.1 Å². The van der Waals surface area contributed by atoms with E-state index in [1.165, 1.54) is 6.08 Å². The van der Waals surface area contributed by atoms with Gasteiger partial charge in [-0.1, -0.05) is 28.1 Å². The number of benzene rings is 3. The first-order chi connectivity index (χ1) is 14.4. The van der Waals surface area contributed by atoms with Gasteiger partial charge in [0.15, 0.2) is 5.75 Å². The highest BCUT2D eigenvalue weighted by Gasteiger charge is 2.11. The predicted molar refractivity (Wildman–Crippen MR) is 131 cm³/mol. The normalized spacial score (nSPS) is 11.2. The average molecular weight is 594 g/mol. The summed E-state index contributed by atoms with van der Waals surface area (Å²) in [6.45, 7) is 0. The quantitative estimate of drug-likeness (QED) is 0.130. The summed E-state index contributed by atoms with van der Waals surface area (Å²) in [5, 5.41) is 0. The number of hydrogen-bond acceptors (Lipinski definition) is 4. The standard InChI is InChI=1S/C23H16Br3NO3/c1-29-19-9-7-18(8-10-19)27-14-16-12-20(25)23(21(26)13-16)30-22(28)11-4-15-2-5-17(24)6-3-15/h2-14H,1H3/b11-4+,27-14?. The number of halogens is 3. The molecule has 3 rings (SSSR count). The van der Waals surface area contributed by atoms with Gasteiger partial charge in [-0.05, 0) is 97.6 Å². The van der Waals surface area contributed by atoms with Crippen LogP contribution in [0.5, 0.6) is 11.5 Å². The van der Waals surface area contributed by atoms with Crippen molar-refractivity contribution in [2.75, 3.05) is 7.11 Å². The summed E-state index contributed by atoms with van der Waals surface area (Å²) in [4.78, 5) is 16.7. The fourth-order valence-corrected chi connectivity index (χ4v) is 4.09. The minimum Gasteiger partial charge on any atom is -0.497 e. The van der Waals surface area contributed by atoms with Gasteiger partial charge in [-0.15, -0.1) is 0 Å². The van der Waals surface area contributed by atoms with Gasteiger partial charge in [0, 0.05) is 16.8 Å². The third kappa shape index (κ3) is 6.39. The van der Waals surface area contributed by atoms with Gasteiger partial charge < -0.3 is 9.47 Å². The molecular formula is C23H16Br3NO3. The number of carbonyl (C=O) groups excluding carboxylic acids is 1. The van der Waals surface area contributed by atoms with Crippen molar-refractivity contribution < 1.29 is 14.3 Å². The summed E-state index contributed by atoms with van der Waals surface area (Å²) in [6.07, 6.45) is 4.82. The zero-order chi connectivity index (χ0) is 21.5. The predicted octanol–water partition coefficient (Wildman–Crippen LogP) is 7.35. The maximum Gasteiger partial charge on any atom is 0.336 e. The zero-order valence-electron chi connectivity index (χ0n) is 15.8. The molecular weight excluding hydrogens is 578 g/mol. The molecule has 0 saturated heterocycles. The monoisotopic (exact) mass is 591 g/mol. The average Bonchev–Trinajstić information content (AvgIpc) is 2.75. The van der Waals surface area contributed by atoms with E-state index in [2.05, 4.69) is 52.8 Å². The van der Waals surface area contributed by atoms with E-state index in [-0.39, 0.29) is 0 Å². The van der Waals surface area contributed by atoms with Crippen molar-refractivity contribution in [2.45, 2.75) is 0 Å². The second-order valence-electron chi connectivity index (χ2n) is 6.08. The Kier molecular flexibility index (Phi) is 8.01. The van der Waals surface area contributed by atoms with Gasteiger partial charge in [0.25, 0.3) is 0 Å². The second-order valence-corrected chi connectivity index (χ2v) is 8.70. The van der Waals surface area contributed by atoms with Gasteiger partial charge in [0.1, 0.15) is 5.75 Å². The molecule has 0 heterocycles. The van der Waals surface area contributed by atoms with Gasteiger partial charge in [-0.25, -0.2) is 4.79 Å². The van der Waals surface area contributed by atoms with Crippen LogP contribution in [0.4, 0.5) is 5.69 Å². The SMILES string of the molecule is COc1ccc(N=Cc2cc(Br)c(OC(=O)/C=C/c3ccc(Br)cc3)c(Br)c2)cc1. The van der Waals surface area contributed by atoms with Gasteiger partial charge >= 0.3 is 5.97 Å². The third-order valence-electron chi connectivity index (χ3n) is 3.94. The molecule has 30 heavy (non-hydrogen) atoms. The Bertz CT molecular complexity index is 1070. The van der Waals surface area contributed by atoms with Crippen molar-refractivity contribution in [2.24, 2.45) is 4.99 Å². The summed E-state index contributed by atoms with van der Waals surface area (Å²) < 4.78 is 12.9. The van der Waals surface area contributed by atoms with E-state index in [9.17, 15) is 4.79 Å². The summed E-state index contributed by atoms with van der Waals surface area (Å²) in [7, 11) is 1.62. The molecule has 0 saturated carbocycles.